The van der Waals surface area contributed by atoms with Crippen LogP contribution >= 0.6 is 0 Å². The third kappa shape index (κ3) is 1.59. The summed E-state index contributed by atoms with van der Waals surface area (Å²) in [6, 6.07) is 0.632. The Morgan fingerprint density at radius 2 is 2.20 bits per heavy atom. The van der Waals surface area contributed by atoms with Crippen molar-refractivity contribution in [3.63, 3.8) is 0 Å². The molecule has 15 heavy (non-hydrogen) atoms. The van der Waals surface area contributed by atoms with Crippen LogP contribution < -0.4 is 5.73 Å². The van der Waals surface area contributed by atoms with Crippen molar-refractivity contribution in [3.8, 4) is 0 Å². The van der Waals surface area contributed by atoms with Crippen molar-refractivity contribution >= 4 is 0 Å². The van der Waals surface area contributed by atoms with Crippen molar-refractivity contribution in [1.29, 1.82) is 0 Å². The summed E-state index contributed by atoms with van der Waals surface area (Å²) in [6.45, 7) is 0.826. The predicted molar refractivity (Wildman–Crippen MR) is 59.6 cm³/mol. The van der Waals surface area contributed by atoms with Gasteiger partial charge in [0.25, 0.3) is 0 Å². The highest BCUT2D eigenvalue weighted by molar-refractivity contribution is 5.14. The van der Waals surface area contributed by atoms with Gasteiger partial charge in [0.15, 0.2) is 0 Å². The van der Waals surface area contributed by atoms with Crippen molar-refractivity contribution in [2.24, 2.45) is 11.7 Å². The van der Waals surface area contributed by atoms with E-state index in [1.165, 1.54) is 37.8 Å². The van der Waals surface area contributed by atoms with Crippen LogP contribution in [0.2, 0.25) is 0 Å². The van der Waals surface area contributed by atoms with Gasteiger partial charge in [-0.25, -0.2) is 4.98 Å². The fourth-order valence-corrected chi connectivity index (χ4v) is 2.95. The van der Waals surface area contributed by atoms with E-state index in [9.17, 15) is 0 Å². The first kappa shape index (κ1) is 9.40. The van der Waals surface area contributed by atoms with Crippen LogP contribution in [0.5, 0.6) is 0 Å². The lowest BCUT2D eigenvalue weighted by molar-refractivity contribution is 0.379. The van der Waals surface area contributed by atoms with Gasteiger partial charge in [0.2, 0.25) is 0 Å². The molecule has 3 nitrogen and oxygen atoms in total. The number of hydrogen-bond donors (Lipinski definition) is 1. The van der Waals surface area contributed by atoms with E-state index in [1.807, 2.05) is 6.33 Å². The van der Waals surface area contributed by atoms with E-state index >= 15 is 0 Å². The summed E-state index contributed by atoms with van der Waals surface area (Å²) in [5.74, 6) is 1.48. The lowest BCUT2D eigenvalue weighted by Gasteiger charge is -2.21. The van der Waals surface area contributed by atoms with Gasteiger partial charge in [-0.3, -0.25) is 0 Å². The molecule has 2 N–H and O–H groups in total. The lowest BCUT2D eigenvalue weighted by atomic mass is 10.0. The molecular formula is C12H19N3. The minimum absolute atomic E-state index is 0.632. The fourth-order valence-electron chi connectivity index (χ4n) is 2.95. The van der Waals surface area contributed by atoms with Gasteiger partial charge in [0.05, 0.1) is 6.33 Å². The Balaban J connectivity index is 1.87. The molecule has 2 aliphatic rings. The zero-order valence-electron chi connectivity index (χ0n) is 9.10. The zero-order valence-corrected chi connectivity index (χ0v) is 9.10. The summed E-state index contributed by atoms with van der Waals surface area (Å²) in [5.41, 5.74) is 7.30. The Hall–Kier alpha value is -0.830. The monoisotopic (exact) mass is 205 g/mol. The molecule has 0 aliphatic heterocycles. The standard InChI is InChI=1S/C12H19N3/c13-6-10-2-1-3-11(10)15-8-14-7-12(15)9-4-5-9/h7-11H,1-6,13H2. The normalized spacial score (nSPS) is 31.0. The molecule has 3 heteroatoms. The van der Waals surface area contributed by atoms with Crippen LogP contribution in [0.25, 0.3) is 0 Å². The molecule has 0 bridgehead atoms. The largest absolute Gasteiger partial charge is 0.331 e. The van der Waals surface area contributed by atoms with E-state index in [0.717, 1.165) is 12.5 Å². The molecule has 2 aliphatic carbocycles. The fraction of sp³-hybridized carbons (Fsp3) is 0.750. The molecule has 0 spiro atoms. The molecule has 1 aromatic rings. The molecule has 0 radical (unpaired) electrons. The molecule has 1 aromatic heterocycles. The molecule has 2 saturated carbocycles. The quantitative estimate of drug-likeness (QED) is 0.820. The Bertz CT molecular complexity index is 340. The molecule has 2 fully saturated rings. The number of hydrogen-bond acceptors (Lipinski definition) is 2. The van der Waals surface area contributed by atoms with Gasteiger partial charge in [-0.15, -0.1) is 0 Å². The Morgan fingerprint density at radius 3 is 2.93 bits per heavy atom. The third-order valence-corrected chi connectivity index (χ3v) is 3.97. The van der Waals surface area contributed by atoms with Crippen molar-refractivity contribution < 1.29 is 0 Å². The number of imidazole rings is 1. The maximum absolute atomic E-state index is 5.84. The second-order valence-electron chi connectivity index (χ2n) is 4.99. The molecule has 0 amide bonds. The second kappa shape index (κ2) is 3.63. The second-order valence-corrected chi connectivity index (χ2v) is 4.99. The van der Waals surface area contributed by atoms with Crippen LogP contribution in [0.1, 0.15) is 49.8 Å². The maximum atomic E-state index is 5.84. The summed E-state index contributed by atoms with van der Waals surface area (Å²) in [4.78, 5) is 4.32. The molecule has 82 valence electrons. The summed E-state index contributed by atoms with van der Waals surface area (Å²) in [7, 11) is 0. The van der Waals surface area contributed by atoms with E-state index in [1.54, 1.807) is 0 Å². The van der Waals surface area contributed by atoms with E-state index in [2.05, 4.69) is 15.7 Å². The van der Waals surface area contributed by atoms with Gasteiger partial charge in [0, 0.05) is 23.9 Å². The third-order valence-electron chi connectivity index (χ3n) is 3.97. The molecule has 2 atom stereocenters. The summed E-state index contributed by atoms with van der Waals surface area (Å²) < 4.78 is 2.42. The van der Waals surface area contributed by atoms with E-state index in [4.69, 9.17) is 5.73 Å². The highest BCUT2D eigenvalue weighted by Crippen LogP contribution is 2.43. The first-order valence-electron chi connectivity index (χ1n) is 6.12. The minimum Gasteiger partial charge on any atom is -0.331 e. The molecule has 0 aromatic carbocycles. The van der Waals surface area contributed by atoms with Gasteiger partial charge < -0.3 is 10.3 Å². The molecular weight excluding hydrogens is 186 g/mol. The number of nitrogens with two attached hydrogens (primary N) is 1. The average molecular weight is 205 g/mol. The van der Waals surface area contributed by atoms with Crippen LogP contribution in [0, 0.1) is 5.92 Å². The topological polar surface area (TPSA) is 43.8 Å². The molecule has 3 rings (SSSR count). The van der Waals surface area contributed by atoms with Crippen molar-refractivity contribution in [1.82, 2.24) is 9.55 Å². The smallest absolute Gasteiger partial charge is 0.0950 e. The highest BCUT2D eigenvalue weighted by Gasteiger charge is 2.33. The van der Waals surface area contributed by atoms with E-state index in [0.29, 0.717) is 12.0 Å². The lowest BCUT2D eigenvalue weighted by Crippen LogP contribution is -2.22. The SMILES string of the molecule is NCC1CCCC1n1cncc1C1CC1. The Kier molecular flexibility index (Phi) is 2.28. The minimum atomic E-state index is 0.632. The van der Waals surface area contributed by atoms with Crippen LogP contribution in [0.15, 0.2) is 12.5 Å². The zero-order chi connectivity index (χ0) is 10.3. The van der Waals surface area contributed by atoms with Crippen molar-refractivity contribution in [2.75, 3.05) is 6.54 Å². The summed E-state index contributed by atoms with van der Waals surface area (Å²) >= 11 is 0. The van der Waals surface area contributed by atoms with Gasteiger partial charge in [-0.1, -0.05) is 6.42 Å². The molecule has 0 saturated heterocycles. The Morgan fingerprint density at radius 1 is 1.33 bits per heavy atom. The number of aromatic nitrogens is 2. The van der Waals surface area contributed by atoms with Crippen LogP contribution in [0.3, 0.4) is 0 Å². The van der Waals surface area contributed by atoms with E-state index < -0.39 is 0 Å². The van der Waals surface area contributed by atoms with Gasteiger partial charge in [-0.05, 0) is 38.1 Å². The van der Waals surface area contributed by atoms with Gasteiger partial charge >= 0.3 is 0 Å². The number of rotatable bonds is 3. The first-order valence-corrected chi connectivity index (χ1v) is 6.12. The van der Waals surface area contributed by atoms with Gasteiger partial charge in [-0.2, -0.15) is 0 Å². The molecule has 1 heterocycles. The Labute approximate surface area is 90.7 Å². The predicted octanol–water partition coefficient (Wildman–Crippen LogP) is 2.06. The number of nitrogens with zero attached hydrogens (tertiary/aromatic N) is 2. The van der Waals surface area contributed by atoms with Crippen LogP contribution in [-0.2, 0) is 0 Å². The van der Waals surface area contributed by atoms with Crippen LogP contribution in [0.4, 0.5) is 0 Å². The van der Waals surface area contributed by atoms with E-state index in [-0.39, 0.29) is 0 Å². The molecule has 2 unspecified atom stereocenters. The first-order chi connectivity index (χ1) is 7.40. The summed E-state index contributed by atoms with van der Waals surface area (Å²) in [6.07, 6.45) is 10.7. The van der Waals surface area contributed by atoms with Crippen molar-refractivity contribution in [3.05, 3.63) is 18.2 Å². The van der Waals surface area contributed by atoms with Gasteiger partial charge in [0.1, 0.15) is 0 Å². The van der Waals surface area contributed by atoms with Crippen LogP contribution in [-0.4, -0.2) is 16.1 Å². The average Bonchev–Trinajstić information content (AvgIpc) is 2.83. The highest BCUT2D eigenvalue weighted by atomic mass is 15.1. The maximum Gasteiger partial charge on any atom is 0.0950 e. The van der Waals surface area contributed by atoms with Crippen molar-refractivity contribution in [2.45, 2.75) is 44.1 Å². The summed E-state index contributed by atoms with van der Waals surface area (Å²) in [5, 5.41) is 0.